The number of hydrogen-bond acceptors (Lipinski definition) is 4. The van der Waals surface area contributed by atoms with E-state index in [1.165, 1.54) is 0 Å². The third kappa shape index (κ3) is 4.18. The molecule has 0 aliphatic rings. The van der Waals surface area contributed by atoms with E-state index in [1.807, 2.05) is 68.4 Å². The van der Waals surface area contributed by atoms with Crippen molar-refractivity contribution in [2.45, 2.75) is 26.3 Å². The molecule has 0 bridgehead atoms. The molecule has 2 N–H and O–H groups in total. The van der Waals surface area contributed by atoms with E-state index in [-0.39, 0.29) is 6.04 Å². The van der Waals surface area contributed by atoms with Crippen LogP contribution in [0.4, 0.5) is 0 Å². The molecule has 0 radical (unpaired) electrons. The van der Waals surface area contributed by atoms with Crippen molar-refractivity contribution in [2.24, 2.45) is 5.73 Å². The van der Waals surface area contributed by atoms with E-state index < -0.39 is 0 Å². The van der Waals surface area contributed by atoms with Crippen LogP contribution < -0.4 is 10.5 Å². The summed E-state index contributed by atoms with van der Waals surface area (Å²) in [6, 6.07) is 19.9. The van der Waals surface area contributed by atoms with Crippen molar-refractivity contribution >= 4 is 0 Å². The number of nitrogens with zero attached hydrogens (tertiary/aromatic N) is 2. The van der Waals surface area contributed by atoms with Gasteiger partial charge in [-0.15, -0.1) is 0 Å². The van der Waals surface area contributed by atoms with Gasteiger partial charge in [0.2, 0.25) is 5.88 Å². The smallest absolute Gasteiger partial charge is 0.223 e. The van der Waals surface area contributed by atoms with E-state index in [0.29, 0.717) is 11.7 Å². The normalized spacial score (nSPS) is 12.0. The molecule has 0 saturated heterocycles. The Morgan fingerprint density at radius 1 is 1.00 bits per heavy atom. The van der Waals surface area contributed by atoms with Crippen LogP contribution in [0.1, 0.15) is 18.3 Å². The Bertz CT molecular complexity index is 816. The van der Waals surface area contributed by atoms with Crippen molar-refractivity contribution in [1.82, 2.24) is 9.97 Å². The zero-order chi connectivity index (χ0) is 16.9. The Kier molecular flexibility index (Phi) is 4.87. The molecule has 0 aliphatic carbocycles. The molecule has 1 heterocycles. The van der Waals surface area contributed by atoms with E-state index >= 15 is 0 Å². The van der Waals surface area contributed by atoms with E-state index in [2.05, 4.69) is 16.0 Å². The molecule has 24 heavy (non-hydrogen) atoms. The summed E-state index contributed by atoms with van der Waals surface area (Å²) < 4.78 is 5.95. The van der Waals surface area contributed by atoms with Gasteiger partial charge in [-0.1, -0.05) is 42.5 Å². The van der Waals surface area contributed by atoms with E-state index in [4.69, 9.17) is 10.5 Å². The third-order valence-corrected chi connectivity index (χ3v) is 3.56. The first-order valence-electron chi connectivity index (χ1n) is 8.03. The molecule has 4 heteroatoms. The fourth-order valence-electron chi connectivity index (χ4n) is 2.58. The number of ether oxygens (including phenoxy) is 1. The molecule has 0 saturated carbocycles. The minimum absolute atomic E-state index is 0.117. The van der Waals surface area contributed by atoms with Crippen molar-refractivity contribution < 1.29 is 4.74 Å². The van der Waals surface area contributed by atoms with Crippen LogP contribution in [0.5, 0.6) is 11.6 Å². The zero-order valence-corrected chi connectivity index (χ0v) is 13.9. The van der Waals surface area contributed by atoms with Gasteiger partial charge < -0.3 is 10.5 Å². The topological polar surface area (TPSA) is 61.0 Å². The first-order chi connectivity index (χ1) is 11.6. The lowest BCUT2D eigenvalue weighted by molar-refractivity contribution is 0.459. The molecule has 0 spiro atoms. The lowest BCUT2D eigenvalue weighted by atomic mass is 10.1. The van der Waals surface area contributed by atoms with Gasteiger partial charge in [0.15, 0.2) is 0 Å². The molecule has 0 aliphatic heterocycles. The van der Waals surface area contributed by atoms with Gasteiger partial charge in [-0.2, -0.15) is 4.98 Å². The summed E-state index contributed by atoms with van der Waals surface area (Å²) >= 11 is 0. The monoisotopic (exact) mass is 319 g/mol. The maximum absolute atomic E-state index is 5.95. The summed E-state index contributed by atoms with van der Waals surface area (Å²) in [5.41, 5.74) is 8.91. The van der Waals surface area contributed by atoms with Crippen LogP contribution in [0, 0.1) is 6.92 Å². The van der Waals surface area contributed by atoms with Crippen LogP contribution in [0.25, 0.3) is 11.3 Å². The molecule has 0 fully saturated rings. The van der Waals surface area contributed by atoms with Crippen molar-refractivity contribution in [3.63, 3.8) is 0 Å². The zero-order valence-electron chi connectivity index (χ0n) is 13.9. The number of nitrogens with two attached hydrogens (primary N) is 1. The molecule has 122 valence electrons. The van der Waals surface area contributed by atoms with Gasteiger partial charge in [0, 0.05) is 17.7 Å². The highest BCUT2D eigenvalue weighted by Gasteiger charge is 2.07. The molecule has 2 aromatic carbocycles. The lowest BCUT2D eigenvalue weighted by Gasteiger charge is -2.10. The second kappa shape index (κ2) is 7.23. The summed E-state index contributed by atoms with van der Waals surface area (Å²) in [5.74, 6) is 1.97. The summed E-state index contributed by atoms with van der Waals surface area (Å²) in [7, 11) is 0. The number of rotatable bonds is 5. The van der Waals surface area contributed by atoms with Gasteiger partial charge in [0.1, 0.15) is 11.6 Å². The number of aromatic nitrogens is 2. The van der Waals surface area contributed by atoms with Crippen molar-refractivity contribution in [3.8, 4) is 22.9 Å². The Morgan fingerprint density at radius 2 is 1.79 bits per heavy atom. The standard InChI is InChI=1S/C20H21N3O/c1-14(21)11-16-7-6-10-18(12-16)24-20-13-19(22-15(2)23-20)17-8-4-3-5-9-17/h3-10,12-14H,11,21H2,1-2H3. The summed E-state index contributed by atoms with van der Waals surface area (Å²) in [5, 5.41) is 0. The lowest BCUT2D eigenvalue weighted by Crippen LogP contribution is -2.17. The molecule has 3 aromatic rings. The summed E-state index contributed by atoms with van der Waals surface area (Å²) in [4.78, 5) is 8.88. The Hall–Kier alpha value is -2.72. The highest BCUT2D eigenvalue weighted by atomic mass is 16.5. The van der Waals surface area contributed by atoms with Gasteiger partial charge in [-0.3, -0.25) is 0 Å². The predicted octanol–water partition coefficient (Wildman–Crippen LogP) is 4.13. The van der Waals surface area contributed by atoms with Gasteiger partial charge in [0.25, 0.3) is 0 Å². The number of hydrogen-bond donors (Lipinski definition) is 1. The van der Waals surface area contributed by atoms with Crippen molar-refractivity contribution in [1.29, 1.82) is 0 Å². The first-order valence-corrected chi connectivity index (χ1v) is 8.03. The second-order valence-electron chi connectivity index (χ2n) is 5.94. The third-order valence-electron chi connectivity index (χ3n) is 3.56. The maximum Gasteiger partial charge on any atom is 0.223 e. The minimum atomic E-state index is 0.117. The average Bonchev–Trinajstić information content (AvgIpc) is 2.55. The second-order valence-corrected chi connectivity index (χ2v) is 5.94. The Balaban J connectivity index is 1.87. The molecule has 4 nitrogen and oxygen atoms in total. The molecule has 1 atom stereocenters. The van der Waals surface area contributed by atoms with Gasteiger partial charge in [-0.05, 0) is 38.0 Å². The van der Waals surface area contributed by atoms with Gasteiger partial charge >= 0.3 is 0 Å². The molecular formula is C20H21N3O. The Morgan fingerprint density at radius 3 is 2.54 bits per heavy atom. The quantitative estimate of drug-likeness (QED) is 0.768. The highest BCUT2D eigenvalue weighted by Crippen LogP contribution is 2.25. The average molecular weight is 319 g/mol. The van der Waals surface area contributed by atoms with Crippen LogP contribution >= 0.6 is 0 Å². The van der Waals surface area contributed by atoms with Crippen molar-refractivity contribution in [2.75, 3.05) is 0 Å². The largest absolute Gasteiger partial charge is 0.439 e. The van der Waals surface area contributed by atoms with E-state index in [9.17, 15) is 0 Å². The first kappa shape index (κ1) is 16.1. The Labute approximate surface area is 142 Å². The maximum atomic E-state index is 5.95. The number of aryl methyl sites for hydroxylation is 1. The van der Waals surface area contributed by atoms with E-state index in [0.717, 1.165) is 29.0 Å². The minimum Gasteiger partial charge on any atom is -0.439 e. The van der Waals surface area contributed by atoms with Gasteiger partial charge in [-0.25, -0.2) is 4.98 Å². The van der Waals surface area contributed by atoms with Crippen LogP contribution in [0.3, 0.4) is 0 Å². The summed E-state index contributed by atoms with van der Waals surface area (Å²) in [6.07, 6.45) is 0.815. The van der Waals surface area contributed by atoms with Gasteiger partial charge in [0.05, 0.1) is 5.69 Å². The van der Waals surface area contributed by atoms with Crippen LogP contribution in [-0.4, -0.2) is 16.0 Å². The van der Waals surface area contributed by atoms with E-state index in [1.54, 1.807) is 0 Å². The van der Waals surface area contributed by atoms with Crippen LogP contribution in [-0.2, 0) is 6.42 Å². The molecule has 1 unspecified atom stereocenters. The predicted molar refractivity (Wildman–Crippen MR) is 96.1 cm³/mol. The SMILES string of the molecule is Cc1nc(Oc2cccc(CC(C)N)c2)cc(-c2ccccc2)n1. The molecule has 1 aromatic heterocycles. The summed E-state index contributed by atoms with van der Waals surface area (Å²) in [6.45, 7) is 3.86. The highest BCUT2D eigenvalue weighted by molar-refractivity contribution is 5.60. The fourth-order valence-corrected chi connectivity index (χ4v) is 2.58. The molecule has 3 rings (SSSR count). The molecule has 0 amide bonds. The van der Waals surface area contributed by atoms with Crippen LogP contribution in [0.15, 0.2) is 60.7 Å². The fraction of sp³-hybridized carbons (Fsp3) is 0.200. The molecular weight excluding hydrogens is 298 g/mol. The van der Waals surface area contributed by atoms with Crippen LogP contribution in [0.2, 0.25) is 0 Å². The van der Waals surface area contributed by atoms with Crippen molar-refractivity contribution in [3.05, 3.63) is 72.1 Å². The number of benzene rings is 2.